The molecule has 0 aromatic heterocycles. The maximum atomic E-state index is 5.35. The lowest BCUT2D eigenvalue weighted by Crippen LogP contribution is -2.29. The van der Waals surface area contributed by atoms with Crippen molar-refractivity contribution in [3.05, 3.63) is 22.2 Å². The minimum absolute atomic E-state index is 0.304. The average molecular weight is 302 g/mol. The van der Waals surface area contributed by atoms with E-state index in [4.69, 9.17) is 14.2 Å². The maximum absolute atomic E-state index is 5.35. The minimum Gasteiger partial charge on any atom is -0.454 e. The third-order valence-corrected chi connectivity index (χ3v) is 3.34. The van der Waals surface area contributed by atoms with Gasteiger partial charge in [0, 0.05) is 24.2 Å². The van der Waals surface area contributed by atoms with Crippen LogP contribution in [0.3, 0.4) is 0 Å². The van der Waals surface area contributed by atoms with Crippen LogP contribution in [0.1, 0.15) is 12.5 Å². The highest BCUT2D eigenvalue weighted by atomic mass is 79.9. The zero-order valence-corrected chi connectivity index (χ0v) is 11.5. The highest BCUT2D eigenvalue weighted by molar-refractivity contribution is 9.10. The van der Waals surface area contributed by atoms with Crippen LogP contribution >= 0.6 is 15.9 Å². The van der Waals surface area contributed by atoms with E-state index in [1.165, 1.54) is 0 Å². The summed E-state index contributed by atoms with van der Waals surface area (Å²) >= 11 is 3.53. The van der Waals surface area contributed by atoms with Gasteiger partial charge in [0.1, 0.15) is 0 Å². The first-order chi connectivity index (χ1) is 8.20. The number of nitrogens with one attached hydrogen (secondary N) is 1. The van der Waals surface area contributed by atoms with E-state index in [9.17, 15) is 0 Å². The molecule has 5 heteroatoms. The van der Waals surface area contributed by atoms with Crippen LogP contribution in [0.15, 0.2) is 16.6 Å². The molecule has 1 unspecified atom stereocenters. The second-order valence-electron chi connectivity index (χ2n) is 4.03. The monoisotopic (exact) mass is 301 g/mol. The van der Waals surface area contributed by atoms with Gasteiger partial charge < -0.3 is 19.5 Å². The fourth-order valence-electron chi connectivity index (χ4n) is 1.69. The van der Waals surface area contributed by atoms with Crippen molar-refractivity contribution in [2.75, 3.05) is 20.5 Å². The van der Waals surface area contributed by atoms with Crippen molar-refractivity contribution in [1.29, 1.82) is 0 Å². The molecule has 0 saturated heterocycles. The van der Waals surface area contributed by atoms with Crippen molar-refractivity contribution in [3.8, 4) is 11.5 Å². The van der Waals surface area contributed by atoms with Crippen LogP contribution in [0.25, 0.3) is 0 Å². The summed E-state index contributed by atoms with van der Waals surface area (Å²) in [5.41, 5.74) is 1.15. The van der Waals surface area contributed by atoms with Crippen LogP contribution < -0.4 is 14.8 Å². The Morgan fingerprint density at radius 1 is 1.41 bits per heavy atom. The molecule has 1 N–H and O–H groups in total. The van der Waals surface area contributed by atoms with Crippen LogP contribution in [0, 0.1) is 0 Å². The standard InChI is InChI=1S/C12H16BrNO3/c1-8(6-15-2)14-5-9-3-11-12(4-10(9)13)17-7-16-11/h3-4,8,14H,5-7H2,1-2H3. The van der Waals surface area contributed by atoms with E-state index in [0.717, 1.165) is 28.1 Å². The molecular weight excluding hydrogens is 286 g/mol. The number of methoxy groups -OCH3 is 1. The van der Waals surface area contributed by atoms with E-state index < -0.39 is 0 Å². The van der Waals surface area contributed by atoms with Gasteiger partial charge in [-0.25, -0.2) is 0 Å². The fourth-order valence-corrected chi connectivity index (χ4v) is 2.15. The topological polar surface area (TPSA) is 39.7 Å². The Kier molecular flexibility index (Phi) is 4.25. The van der Waals surface area contributed by atoms with Crippen LogP contribution in [0.5, 0.6) is 11.5 Å². The summed E-state index contributed by atoms with van der Waals surface area (Å²) in [6.45, 7) is 3.85. The summed E-state index contributed by atoms with van der Waals surface area (Å²) in [5, 5.41) is 3.38. The minimum atomic E-state index is 0.304. The van der Waals surface area contributed by atoms with Crippen LogP contribution in [0.2, 0.25) is 0 Å². The number of halogens is 1. The van der Waals surface area contributed by atoms with E-state index in [1.54, 1.807) is 7.11 Å². The van der Waals surface area contributed by atoms with Crippen molar-refractivity contribution in [1.82, 2.24) is 5.32 Å². The maximum Gasteiger partial charge on any atom is 0.231 e. The van der Waals surface area contributed by atoms with E-state index >= 15 is 0 Å². The van der Waals surface area contributed by atoms with Gasteiger partial charge in [-0.3, -0.25) is 0 Å². The van der Waals surface area contributed by atoms with Gasteiger partial charge in [0.15, 0.2) is 11.5 Å². The Morgan fingerprint density at radius 3 is 2.82 bits per heavy atom. The number of rotatable bonds is 5. The predicted molar refractivity (Wildman–Crippen MR) is 68.4 cm³/mol. The van der Waals surface area contributed by atoms with Crippen molar-refractivity contribution in [3.63, 3.8) is 0 Å². The summed E-state index contributed by atoms with van der Waals surface area (Å²) in [6.07, 6.45) is 0. The van der Waals surface area contributed by atoms with E-state index in [2.05, 4.69) is 28.2 Å². The first-order valence-electron chi connectivity index (χ1n) is 5.51. The zero-order chi connectivity index (χ0) is 12.3. The summed E-state index contributed by atoms with van der Waals surface area (Å²) in [6, 6.07) is 4.26. The Hall–Kier alpha value is -0.780. The molecule has 0 aliphatic carbocycles. The molecular formula is C12H16BrNO3. The smallest absolute Gasteiger partial charge is 0.231 e. The molecule has 94 valence electrons. The Labute approximate surface area is 109 Å². The van der Waals surface area contributed by atoms with Crippen LogP contribution in [-0.4, -0.2) is 26.6 Å². The number of hydrogen-bond acceptors (Lipinski definition) is 4. The predicted octanol–water partition coefficient (Wildman–Crippen LogP) is 2.30. The molecule has 17 heavy (non-hydrogen) atoms. The van der Waals surface area contributed by atoms with Gasteiger partial charge in [-0.2, -0.15) is 0 Å². The molecule has 1 atom stereocenters. The molecule has 1 aliphatic heterocycles. The molecule has 0 fully saturated rings. The molecule has 0 spiro atoms. The highest BCUT2D eigenvalue weighted by Gasteiger charge is 2.16. The normalized spacial score (nSPS) is 15.0. The van der Waals surface area contributed by atoms with Crippen molar-refractivity contribution in [2.24, 2.45) is 0 Å². The van der Waals surface area contributed by atoms with E-state index in [1.807, 2.05) is 12.1 Å². The number of benzene rings is 1. The molecule has 1 aromatic carbocycles. The van der Waals surface area contributed by atoms with E-state index in [-0.39, 0.29) is 0 Å². The van der Waals surface area contributed by atoms with Crippen molar-refractivity contribution in [2.45, 2.75) is 19.5 Å². The van der Waals surface area contributed by atoms with Gasteiger partial charge in [-0.1, -0.05) is 15.9 Å². The number of ether oxygens (including phenoxy) is 3. The van der Waals surface area contributed by atoms with Gasteiger partial charge >= 0.3 is 0 Å². The molecule has 0 amide bonds. The molecule has 0 saturated carbocycles. The van der Waals surface area contributed by atoms with Crippen LogP contribution in [0.4, 0.5) is 0 Å². The SMILES string of the molecule is COCC(C)NCc1cc2c(cc1Br)OCO2. The Balaban J connectivity index is 2.01. The quantitative estimate of drug-likeness (QED) is 0.906. The van der Waals surface area contributed by atoms with Gasteiger partial charge in [0.25, 0.3) is 0 Å². The summed E-state index contributed by atoms with van der Waals surface area (Å²) in [7, 11) is 1.70. The molecule has 1 aromatic rings. The first kappa shape index (κ1) is 12.7. The second kappa shape index (κ2) is 5.71. The molecule has 1 heterocycles. The van der Waals surface area contributed by atoms with Crippen LogP contribution in [-0.2, 0) is 11.3 Å². The summed E-state index contributed by atoms with van der Waals surface area (Å²) in [4.78, 5) is 0. The highest BCUT2D eigenvalue weighted by Crippen LogP contribution is 2.36. The molecule has 1 aliphatic rings. The third-order valence-electron chi connectivity index (χ3n) is 2.60. The van der Waals surface area contributed by atoms with Gasteiger partial charge in [0.05, 0.1) is 6.61 Å². The lowest BCUT2D eigenvalue weighted by atomic mass is 10.2. The molecule has 2 rings (SSSR count). The zero-order valence-electron chi connectivity index (χ0n) is 9.96. The third kappa shape index (κ3) is 3.12. The summed E-state index contributed by atoms with van der Waals surface area (Å²) in [5.74, 6) is 1.61. The Morgan fingerprint density at radius 2 is 2.12 bits per heavy atom. The van der Waals surface area contributed by atoms with Gasteiger partial charge in [-0.05, 0) is 24.6 Å². The number of hydrogen-bond donors (Lipinski definition) is 1. The molecule has 0 radical (unpaired) electrons. The van der Waals surface area contributed by atoms with Gasteiger partial charge in [-0.15, -0.1) is 0 Å². The second-order valence-corrected chi connectivity index (χ2v) is 4.89. The van der Waals surface area contributed by atoms with Crippen molar-refractivity contribution < 1.29 is 14.2 Å². The van der Waals surface area contributed by atoms with E-state index in [0.29, 0.717) is 19.4 Å². The lowest BCUT2D eigenvalue weighted by Gasteiger charge is -2.13. The molecule has 4 nitrogen and oxygen atoms in total. The molecule has 0 bridgehead atoms. The largest absolute Gasteiger partial charge is 0.454 e. The first-order valence-corrected chi connectivity index (χ1v) is 6.30. The average Bonchev–Trinajstić information content (AvgIpc) is 2.73. The summed E-state index contributed by atoms with van der Waals surface area (Å²) < 4.78 is 16.8. The Bertz CT molecular complexity index is 398. The number of fused-ring (bicyclic) bond motifs is 1. The van der Waals surface area contributed by atoms with Gasteiger partial charge in [0.2, 0.25) is 6.79 Å². The van der Waals surface area contributed by atoms with Crippen molar-refractivity contribution >= 4 is 15.9 Å². The fraction of sp³-hybridized carbons (Fsp3) is 0.500. The lowest BCUT2D eigenvalue weighted by molar-refractivity contribution is 0.171.